The van der Waals surface area contributed by atoms with Crippen LogP contribution in [0.4, 0.5) is 13.2 Å². The third kappa shape index (κ3) is 6.16. The zero-order valence-electron chi connectivity index (χ0n) is 21.4. The van der Waals surface area contributed by atoms with Crippen LogP contribution >= 0.6 is 0 Å². The first-order valence-corrected chi connectivity index (χ1v) is 12.8. The molecule has 0 fully saturated rings. The van der Waals surface area contributed by atoms with Gasteiger partial charge in [-0.2, -0.15) is 13.2 Å². The summed E-state index contributed by atoms with van der Waals surface area (Å²) in [6.07, 6.45) is -1.18. The van der Waals surface area contributed by atoms with Gasteiger partial charge in [0.2, 0.25) is 5.75 Å². The van der Waals surface area contributed by atoms with Gasteiger partial charge in [-0.25, -0.2) is 8.42 Å². The maximum Gasteiger partial charge on any atom is 0.416 e. The van der Waals surface area contributed by atoms with Crippen molar-refractivity contribution in [2.24, 2.45) is 0 Å². The molecule has 7 nitrogen and oxygen atoms in total. The summed E-state index contributed by atoms with van der Waals surface area (Å²) in [5.41, 5.74) is 0.498. The average Bonchev–Trinajstić information content (AvgIpc) is 2.90. The van der Waals surface area contributed by atoms with Crippen LogP contribution in [0.15, 0.2) is 53.4 Å². The number of benzene rings is 3. The summed E-state index contributed by atoms with van der Waals surface area (Å²) in [5.74, 6) is 1.23. The second kappa shape index (κ2) is 11.7. The fraction of sp³-hybridized carbons (Fsp3) is 0.259. The van der Waals surface area contributed by atoms with Crippen molar-refractivity contribution in [3.63, 3.8) is 0 Å². The van der Waals surface area contributed by atoms with Gasteiger partial charge in [0.05, 0.1) is 51.8 Å². The lowest BCUT2D eigenvalue weighted by atomic mass is 10.0. The molecule has 3 rings (SSSR count). The fourth-order valence-corrected chi connectivity index (χ4v) is 5.21. The highest BCUT2D eigenvalue weighted by Crippen LogP contribution is 2.40. The van der Waals surface area contributed by atoms with E-state index in [1.807, 2.05) is 0 Å². The van der Waals surface area contributed by atoms with Crippen LogP contribution in [0.3, 0.4) is 0 Å². The van der Waals surface area contributed by atoms with E-state index in [4.69, 9.17) is 23.7 Å². The molecule has 3 aromatic rings. The number of rotatable bonds is 10. The summed E-state index contributed by atoms with van der Waals surface area (Å²) in [5, 5.41) is 0. The molecule has 0 N–H and O–H groups in total. The average molecular weight is 553 g/mol. The SMILES string of the molecule is COc1cc(/C=C\c2ccc(OC)c(OC)c2CS(=O)(=O)c2ccc(C(F)(F)F)cc2)cc(OC)c1OC. The van der Waals surface area contributed by atoms with Gasteiger partial charge in [-0.05, 0) is 53.6 Å². The van der Waals surface area contributed by atoms with E-state index < -0.39 is 27.3 Å². The van der Waals surface area contributed by atoms with Crippen LogP contribution in [0.1, 0.15) is 22.3 Å². The van der Waals surface area contributed by atoms with E-state index in [0.29, 0.717) is 34.1 Å². The van der Waals surface area contributed by atoms with E-state index in [9.17, 15) is 21.6 Å². The van der Waals surface area contributed by atoms with Gasteiger partial charge in [-0.15, -0.1) is 0 Å². The summed E-state index contributed by atoms with van der Waals surface area (Å²) in [4.78, 5) is -0.255. The van der Waals surface area contributed by atoms with Crippen molar-refractivity contribution in [3.05, 3.63) is 70.8 Å². The van der Waals surface area contributed by atoms with Crippen LogP contribution < -0.4 is 23.7 Å². The lowest BCUT2D eigenvalue weighted by Crippen LogP contribution is -2.10. The lowest BCUT2D eigenvalue weighted by Gasteiger charge is -2.16. The van der Waals surface area contributed by atoms with Gasteiger partial charge in [0.25, 0.3) is 0 Å². The first-order chi connectivity index (χ1) is 18.0. The third-order valence-electron chi connectivity index (χ3n) is 5.70. The minimum absolute atomic E-state index is 0.190. The number of methoxy groups -OCH3 is 5. The molecule has 0 aliphatic heterocycles. The molecule has 0 spiro atoms. The Morgan fingerprint density at radius 3 is 1.74 bits per heavy atom. The zero-order valence-corrected chi connectivity index (χ0v) is 22.2. The van der Waals surface area contributed by atoms with E-state index in [-0.39, 0.29) is 16.2 Å². The topological polar surface area (TPSA) is 80.3 Å². The molecule has 11 heteroatoms. The fourth-order valence-electron chi connectivity index (χ4n) is 3.82. The second-order valence-electron chi connectivity index (χ2n) is 7.94. The Labute approximate surface area is 219 Å². The molecule has 0 aliphatic carbocycles. The second-order valence-corrected chi connectivity index (χ2v) is 9.93. The number of halogens is 3. The van der Waals surface area contributed by atoms with Crippen LogP contribution in [0.25, 0.3) is 12.2 Å². The van der Waals surface area contributed by atoms with E-state index in [2.05, 4.69) is 0 Å². The molecule has 0 aromatic heterocycles. The highest BCUT2D eigenvalue weighted by molar-refractivity contribution is 7.90. The first kappa shape index (κ1) is 28.7. The van der Waals surface area contributed by atoms with E-state index in [1.54, 1.807) is 36.4 Å². The molecular weight excluding hydrogens is 525 g/mol. The van der Waals surface area contributed by atoms with Crippen molar-refractivity contribution < 1.29 is 45.3 Å². The van der Waals surface area contributed by atoms with Crippen LogP contribution in [0, 0.1) is 0 Å². The number of sulfone groups is 1. The Bertz CT molecular complexity index is 1390. The molecule has 0 heterocycles. The molecule has 0 unspecified atom stereocenters. The number of alkyl halides is 3. The molecule has 0 bridgehead atoms. The molecule has 0 saturated carbocycles. The zero-order chi connectivity index (χ0) is 28.1. The summed E-state index contributed by atoms with van der Waals surface area (Å²) in [7, 11) is 3.19. The maximum atomic E-state index is 13.2. The molecule has 0 amide bonds. The standard InChI is InChI=1S/C27H27F3O7S/c1-33-22-13-8-18(7-6-17-14-23(34-2)26(37-5)24(15-17)35-3)21(25(22)36-4)16-38(31,32)20-11-9-19(10-12-20)27(28,29)30/h6-15H,16H2,1-5H3/b7-6-. The van der Waals surface area contributed by atoms with Crippen LogP contribution in [-0.2, 0) is 21.8 Å². The van der Waals surface area contributed by atoms with Gasteiger partial charge in [0.1, 0.15) is 0 Å². The Kier molecular flexibility index (Phi) is 8.82. The normalized spacial score (nSPS) is 11.9. The summed E-state index contributed by atoms with van der Waals surface area (Å²) in [6.45, 7) is 0. The van der Waals surface area contributed by atoms with Crippen molar-refractivity contribution in [1.29, 1.82) is 0 Å². The smallest absolute Gasteiger partial charge is 0.416 e. The predicted molar refractivity (Wildman–Crippen MR) is 137 cm³/mol. The van der Waals surface area contributed by atoms with Gasteiger partial charge in [0, 0.05) is 5.56 Å². The Morgan fingerprint density at radius 1 is 0.711 bits per heavy atom. The molecule has 0 radical (unpaired) electrons. The van der Waals surface area contributed by atoms with Crippen LogP contribution in [-0.4, -0.2) is 44.0 Å². The number of hydrogen-bond acceptors (Lipinski definition) is 7. The molecule has 0 atom stereocenters. The van der Waals surface area contributed by atoms with Crippen molar-refractivity contribution >= 4 is 22.0 Å². The molecule has 3 aromatic carbocycles. The highest BCUT2D eigenvalue weighted by Gasteiger charge is 2.31. The summed E-state index contributed by atoms with van der Waals surface area (Å²) in [6, 6.07) is 10.1. The lowest BCUT2D eigenvalue weighted by molar-refractivity contribution is -0.137. The van der Waals surface area contributed by atoms with Crippen LogP contribution in [0.5, 0.6) is 28.7 Å². The van der Waals surface area contributed by atoms with Gasteiger partial charge in [-0.1, -0.05) is 18.2 Å². The van der Waals surface area contributed by atoms with Crippen molar-refractivity contribution in [2.75, 3.05) is 35.5 Å². The quantitative estimate of drug-likeness (QED) is 0.290. The molecule has 38 heavy (non-hydrogen) atoms. The van der Waals surface area contributed by atoms with Crippen molar-refractivity contribution in [1.82, 2.24) is 0 Å². The number of hydrogen-bond donors (Lipinski definition) is 0. The van der Waals surface area contributed by atoms with E-state index >= 15 is 0 Å². The minimum Gasteiger partial charge on any atom is -0.493 e. The van der Waals surface area contributed by atoms with Gasteiger partial charge >= 0.3 is 6.18 Å². The Morgan fingerprint density at radius 2 is 1.26 bits per heavy atom. The molecule has 0 aliphatic rings. The van der Waals surface area contributed by atoms with Crippen molar-refractivity contribution in [3.8, 4) is 28.7 Å². The van der Waals surface area contributed by atoms with Gasteiger partial charge < -0.3 is 23.7 Å². The minimum atomic E-state index is -4.58. The van der Waals surface area contributed by atoms with E-state index in [1.165, 1.54) is 35.5 Å². The Hall–Kier alpha value is -3.86. The summed E-state index contributed by atoms with van der Waals surface area (Å²) < 4.78 is 92.3. The third-order valence-corrected chi connectivity index (χ3v) is 7.36. The van der Waals surface area contributed by atoms with Crippen molar-refractivity contribution in [2.45, 2.75) is 16.8 Å². The van der Waals surface area contributed by atoms with E-state index in [0.717, 1.165) is 24.3 Å². The monoisotopic (exact) mass is 552 g/mol. The van der Waals surface area contributed by atoms with Crippen LogP contribution in [0.2, 0.25) is 0 Å². The maximum absolute atomic E-state index is 13.2. The van der Waals surface area contributed by atoms with Gasteiger partial charge in [0.15, 0.2) is 32.8 Å². The predicted octanol–water partition coefficient (Wildman–Crippen LogP) is 5.89. The highest BCUT2D eigenvalue weighted by atomic mass is 32.2. The molecular formula is C27H27F3O7S. The first-order valence-electron chi connectivity index (χ1n) is 11.1. The molecule has 204 valence electrons. The summed E-state index contributed by atoms with van der Waals surface area (Å²) >= 11 is 0. The van der Waals surface area contributed by atoms with Gasteiger partial charge in [-0.3, -0.25) is 0 Å². The largest absolute Gasteiger partial charge is 0.493 e. The Balaban J connectivity index is 2.08. The number of ether oxygens (including phenoxy) is 5. The molecule has 0 saturated heterocycles.